The van der Waals surface area contributed by atoms with Crippen LogP contribution in [0.5, 0.6) is 0 Å². The van der Waals surface area contributed by atoms with Crippen LogP contribution in [0.25, 0.3) is 5.65 Å². The number of morpholine rings is 1. The van der Waals surface area contributed by atoms with E-state index in [9.17, 15) is 4.79 Å². The highest BCUT2D eigenvalue weighted by Crippen LogP contribution is 2.28. The second-order valence-corrected chi connectivity index (χ2v) is 7.82. The third-order valence-electron chi connectivity index (χ3n) is 5.82. The number of carbonyl (C=O) groups is 1. The van der Waals surface area contributed by atoms with Crippen LogP contribution in [0.4, 0.5) is 5.69 Å². The fourth-order valence-corrected chi connectivity index (χ4v) is 4.24. The van der Waals surface area contributed by atoms with E-state index in [0.717, 1.165) is 55.6 Å². The number of hydrogen-bond acceptors (Lipinski definition) is 6. The smallest absolute Gasteiger partial charge is 0.257 e. The van der Waals surface area contributed by atoms with E-state index in [0.29, 0.717) is 24.4 Å². The predicted molar refractivity (Wildman–Crippen MR) is 107 cm³/mol. The van der Waals surface area contributed by atoms with Crippen molar-refractivity contribution in [2.45, 2.75) is 26.2 Å². The van der Waals surface area contributed by atoms with E-state index in [1.807, 2.05) is 41.6 Å². The van der Waals surface area contributed by atoms with E-state index in [2.05, 4.69) is 11.0 Å². The molecule has 0 aliphatic carbocycles. The Hall–Kier alpha value is -2.87. The number of hydrogen-bond donors (Lipinski definition) is 0. The molecule has 0 saturated carbocycles. The molecule has 5 heterocycles. The standard InChI is InChI=1S/C21H25N5O3/c1-14-11-18(15(2)29-14)21(27)25-6-5-16(12-25)20-22-19-4-3-17(13-26(19)23-20)24-7-9-28-10-8-24/h3-4,11,13,16H,5-10,12H2,1-2H3/t16-/m1/s1. The molecule has 8 nitrogen and oxygen atoms in total. The van der Waals surface area contributed by atoms with Gasteiger partial charge in [0.15, 0.2) is 11.5 Å². The molecule has 5 rings (SSSR count). The van der Waals surface area contributed by atoms with Crippen molar-refractivity contribution in [3.63, 3.8) is 0 Å². The largest absolute Gasteiger partial charge is 0.466 e. The summed E-state index contributed by atoms with van der Waals surface area (Å²) in [4.78, 5) is 21.8. The summed E-state index contributed by atoms with van der Waals surface area (Å²) < 4.78 is 12.8. The summed E-state index contributed by atoms with van der Waals surface area (Å²) in [5.41, 5.74) is 2.62. The highest BCUT2D eigenvalue weighted by Gasteiger charge is 2.32. The van der Waals surface area contributed by atoms with Crippen molar-refractivity contribution < 1.29 is 13.9 Å². The first kappa shape index (κ1) is 18.2. The third kappa shape index (κ3) is 3.37. The Bertz CT molecular complexity index is 1050. The van der Waals surface area contributed by atoms with Crippen molar-refractivity contribution in [1.82, 2.24) is 19.5 Å². The molecular weight excluding hydrogens is 370 g/mol. The quantitative estimate of drug-likeness (QED) is 0.678. The Labute approximate surface area is 169 Å². The lowest BCUT2D eigenvalue weighted by atomic mass is 10.1. The maximum Gasteiger partial charge on any atom is 0.257 e. The molecule has 3 aromatic heterocycles. The van der Waals surface area contributed by atoms with Crippen molar-refractivity contribution in [2.24, 2.45) is 0 Å². The number of fused-ring (bicyclic) bond motifs is 1. The number of rotatable bonds is 3. The molecule has 2 aliphatic rings. The number of amides is 1. The molecule has 1 amide bonds. The fraction of sp³-hybridized carbons (Fsp3) is 0.476. The summed E-state index contributed by atoms with van der Waals surface area (Å²) in [6.07, 6.45) is 2.90. The third-order valence-corrected chi connectivity index (χ3v) is 5.82. The lowest BCUT2D eigenvalue weighted by Crippen LogP contribution is -2.36. The monoisotopic (exact) mass is 395 g/mol. The van der Waals surface area contributed by atoms with Gasteiger partial charge in [0.2, 0.25) is 0 Å². The van der Waals surface area contributed by atoms with Crippen LogP contribution < -0.4 is 4.90 Å². The highest BCUT2D eigenvalue weighted by atomic mass is 16.5. The van der Waals surface area contributed by atoms with E-state index >= 15 is 0 Å². The molecule has 0 N–H and O–H groups in total. The molecule has 1 atom stereocenters. The van der Waals surface area contributed by atoms with E-state index in [4.69, 9.17) is 19.2 Å². The molecule has 2 aliphatic heterocycles. The lowest BCUT2D eigenvalue weighted by Gasteiger charge is -2.28. The van der Waals surface area contributed by atoms with Crippen molar-refractivity contribution in [2.75, 3.05) is 44.3 Å². The molecule has 0 spiro atoms. The SMILES string of the molecule is Cc1cc(C(=O)N2CC[C@@H](c3nc4ccc(N5CCOCC5)cn4n3)C2)c(C)o1. The first-order valence-corrected chi connectivity index (χ1v) is 10.1. The molecule has 0 bridgehead atoms. The van der Waals surface area contributed by atoms with Gasteiger partial charge >= 0.3 is 0 Å². The summed E-state index contributed by atoms with van der Waals surface area (Å²) in [5.74, 6) is 2.43. The molecule has 8 heteroatoms. The summed E-state index contributed by atoms with van der Waals surface area (Å²) in [6, 6.07) is 5.92. The molecule has 0 unspecified atom stereocenters. The van der Waals surface area contributed by atoms with Crippen LogP contribution in [-0.2, 0) is 4.74 Å². The normalized spacial score (nSPS) is 20.0. The Morgan fingerprint density at radius 3 is 2.76 bits per heavy atom. The molecular formula is C21H25N5O3. The number of furan rings is 1. The number of aryl methyl sites for hydroxylation is 2. The van der Waals surface area contributed by atoms with E-state index in [1.54, 1.807) is 0 Å². The Morgan fingerprint density at radius 1 is 1.17 bits per heavy atom. The summed E-state index contributed by atoms with van der Waals surface area (Å²) in [7, 11) is 0. The van der Waals surface area contributed by atoms with Gasteiger partial charge < -0.3 is 19.0 Å². The van der Waals surface area contributed by atoms with Crippen LogP contribution in [-0.4, -0.2) is 64.8 Å². The van der Waals surface area contributed by atoms with Gasteiger partial charge in [-0.2, -0.15) is 5.10 Å². The van der Waals surface area contributed by atoms with Gasteiger partial charge in [-0.05, 0) is 38.5 Å². The maximum atomic E-state index is 12.9. The number of likely N-dealkylation sites (tertiary alicyclic amines) is 1. The number of aromatic nitrogens is 3. The predicted octanol–water partition coefficient (Wildman–Crippen LogP) is 2.41. The second kappa shape index (κ2) is 7.18. The van der Waals surface area contributed by atoms with Gasteiger partial charge in [0.25, 0.3) is 5.91 Å². The highest BCUT2D eigenvalue weighted by molar-refractivity contribution is 5.95. The molecule has 0 radical (unpaired) electrons. The molecule has 0 aromatic carbocycles. The lowest BCUT2D eigenvalue weighted by molar-refractivity contribution is 0.0789. The molecule has 29 heavy (non-hydrogen) atoms. The van der Waals surface area contributed by atoms with Crippen LogP contribution in [0.3, 0.4) is 0 Å². The Balaban J connectivity index is 1.33. The number of carbonyl (C=O) groups excluding carboxylic acids is 1. The zero-order chi connectivity index (χ0) is 20.0. The zero-order valence-electron chi connectivity index (χ0n) is 16.8. The Kier molecular flexibility index (Phi) is 4.50. The van der Waals surface area contributed by atoms with Gasteiger partial charge in [-0.15, -0.1) is 0 Å². The molecule has 2 fully saturated rings. The van der Waals surface area contributed by atoms with Crippen molar-refractivity contribution in [3.8, 4) is 0 Å². The molecule has 3 aromatic rings. The molecule has 2 saturated heterocycles. The summed E-state index contributed by atoms with van der Waals surface area (Å²) in [5, 5.41) is 4.73. The average Bonchev–Trinajstić information content (AvgIpc) is 3.45. The minimum absolute atomic E-state index is 0.0280. The van der Waals surface area contributed by atoms with E-state index in [-0.39, 0.29) is 11.8 Å². The topological polar surface area (TPSA) is 76.1 Å². The first-order chi connectivity index (χ1) is 14.1. The minimum Gasteiger partial charge on any atom is -0.466 e. The van der Waals surface area contributed by atoms with Crippen LogP contribution >= 0.6 is 0 Å². The van der Waals surface area contributed by atoms with Crippen LogP contribution in [0.2, 0.25) is 0 Å². The summed E-state index contributed by atoms with van der Waals surface area (Å²) in [6.45, 7) is 8.33. The van der Waals surface area contributed by atoms with E-state index in [1.165, 1.54) is 0 Å². The van der Waals surface area contributed by atoms with Gasteiger partial charge in [0.1, 0.15) is 11.5 Å². The maximum absolute atomic E-state index is 12.9. The van der Waals surface area contributed by atoms with Crippen LogP contribution in [0.1, 0.15) is 40.0 Å². The van der Waals surface area contributed by atoms with E-state index < -0.39 is 0 Å². The van der Waals surface area contributed by atoms with Gasteiger partial charge in [-0.1, -0.05) is 0 Å². The van der Waals surface area contributed by atoms with Crippen molar-refractivity contribution in [3.05, 3.63) is 47.3 Å². The van der Waals surface area contributed by atoms with Gasteiger partial charge in [-0.3, -0.25) is 4.79 Å². The van der Waals surface area contributed by atoms with Crippen LogP contribution in [0.15, 0.2) is 28.8 Å². The first-order valence-electron chi connectivity index (χ1n) is 10.1. The second-order valence-electron chi connectivity index (χ2n) is 7.82. The minimum atomic E-state index is 0.0280. The van der Waals surface area contributed by atoms with Gasteiger partial charge in [-0.25, -0.2) is 9.50 Å². The zero-order valence-corrected chi connectivity index (χ0v) is 16.8. The van der Waals surface area contributed by atoms with Crippen molar-refractivity contribution >= 4 is 17.2 Å². The number of anilines is 1. The summed E-state index contributed by atoms with van der Waals surface area (Å²) >= 11 is 0. The molecule has 152 valence electrons. The average molecular weight is 395 g/mol. The van der Waals surface area contributed by atoms with Crippen molar-refractivity contribution in [1.29, 1.82) is 0 Å². The Morgan fingerprint density at radius 2 is 2.00 bits per heavy atom. The number of ether oxygens (including phenoxy) is 1. The van der Waals surface area contributed by atoms with Gasteiger partial charge in [0, 0.05) is 32.1 Å². The number of pyridine rings is 1. The fourth-order valence-electron chi connectivity index (χ4n) is 4.24. The van der Waals surface area contributed by atoms with Gasteiger partial charge in [0.05, 0.1) is 30.7 Å². The number of nitrogens with zero attached hydrogens (tertiary/aromatic N) is 5. The van der Waals surface area contributed by atoms with Crippen LogP contribution in [0, 0.1) is 13.8 Å².